The first-order valence-electron chi connectivity index (χ1n) is 13.3. The maximum absolute atomic E-state index is 15.5. The monoisotopic (exact) mass is 534 g/mol. The number of anilines is 1. The fraction of sp³-hybridized carbons (Fsp3) is 0.667. The number of likely N-dealkylation sites (tertiary alicyclic amines) is 1. The first-order chi connectivity index (χ1) is 17.5. The van der Waals surface area contributed by atoms with Crippen molar-refractivity contribution in [1.29, 1.82) is 0 Å². The minimum Gasteiger partial charge on any atom is -0.441 e. The van der Waals surface area contributed by atoms with Gasteiger partial charge in [-0.15, -0.1) is 0 Å². The highest BCUT2D eigenvalue weighted by Crippen LogP contribution is 2.47. The van der Waals surface area contributed by atoms with Gasteiger partial charge in [0.1, 0.15) is 0 Å². The molecule has 2 amide bonds. The summed E-state index contributed by atoms with van der Waals surface area (Å²) < 4.78 is 27.1. The second-order valence-corrected chi connectivity index (χ2v) is 15.0. The number of β-lactam (4-membered cyclic amide) rings is 1. The lowest BCUT2D eigenvalue weighted by Gasteiger charge is -2.39. The van der Waals surface area contributed by atoms with Gasteiger partial charge in [0.15, 0.2) is 6.23 Å². The number of carbonyl (C=O) groups is 3. The number of hydrogen-bond acceptors (Lipinski definition) is 6. The Morgan fingerprint density at radius 2 is 2.03 bits per heavy atom. The van der Waals surface area contributed by atoms with E-state index >= 15 is 4.11 Å². The average molecular weight is 535 g/mol. The summed E-state index contributed by atoms with van der Waals surface area (Å²) in [7, 11) is -3.11. The van der Waals surface area contributed by atoms with Crippen LogP contribution in [0.1, 0.15) is 51.5 Å². The van der Waals surface area contributed by atoms with E-state index in [9.17, 15) is 19.5 Å². The second-order valence-electron chi connectivity index (χ2n) is 11.2. The van der Waals surface area contributed by atoms with Gasteiger partial charge in [0, 0.05) is 24.7 Å². The van der Waals surface area contributed by atoms with E-state index in [2.05, 4.69) is 0 Å². The van der Waals surface area contributed by atoms with E-state index in [1.807, 2.05) is 31.2 Å². The molecule has 1 aromatic carbocycles. The van der Waals surface area contributed by atoms with E-state index in [-0.39, 0.29) is 54.9 Å². The lowest BCUT2D eigenvalue weighted by atomic mass is 9.94. The predicted molar refractivity (Wildman–Crippen MR) is 139 cm³/mol. The molecule has 1 N–H and O–H groups in total. The number of aryl methyl sites for hydroxylation is 1. The molecule has 3 heterocycles. The van der Waals surface area contributed by atoms with E-state index in [0.717, 1.165) is 18.4 Å². The third-order valence-corrected chi connectivity index (χ3v) is 10.6. The van der Waals surface area contributed by atoms with E-state index in [1.165, 1.54) is 11.8 Å². The molecule has 10 heteroatoms. The number of benzene rings is 1. The van der Waals surface area contributed by atoms with Gasteiger partial charge in [0.2, 0.25) is 20.2 Å². The molecule has 37 heavy (non-hydrogen) atoms. The van der Waals surface area contributed by atoms with Gasteiger partial charge in [-0.3, -0.25) is 19.3 Å². The summed E-state index contributed by atoms with van der Waals surface area (Å²) in [5, 5.41) is 9.61. The molecular formula is C27H39FN2O6Si. The van der Waals surface area contributed by atoms with Crippen molar-refractivity contribution in [3.05, 3.63) is 29.8 Å². The van der Waals surface area contributed by atoms with Crippen LogP contribution in [0.5, 0.6) is 0 Å². The largest absolute Gasteiger partial charge is 0.441 e. The minimum atomic E-state index is -3.11. The molecular weight excluding hydrogens is 495 g/mol. The number of amides is 2. The van der Waals surface area contributed by atoms with Gasteiger partial charge in [-0.1, -0.05) is 19.1 Å². The summed E-state index contributed by atoms with van der Waals surface area (Å²) >= 11 is 0. The Hall–Kier alpha value is -2.30. The Bertz CT molecular complexity index is 1020. The van der Waals surface area contributed by atoms with Crippen LogP contribution in [0, 0.1) is 5.92 Å². The first-order valence-corrected chi connectivity index (χ1v) is 16.3. The zero-order valence-corrected chi connectivity index (χ0v) is 23.2. The van der Waals surface area contributed by atoms with Gasteiger partial charge < -0.3 is 23.6 Å². The minimum absolute atomic E-state index is 0.0230. The van der Waals surface area contributed by atoms with E-state index < -0.39 is 26.7 Å². The van der Waals surface area contributed by atoms with Crippen molar-refractivity contribution in [3.8, 4) is 0 Å². The number of halogens is 1. The summed E-state index contributed by atoms with van der Waals surface area (Å²) in [5.74, 6) is -0.607. The molecule has 6 atom stereocenters. The van der Waals surface area contributed by atoms with Crippen molar-refractivity contribution >= 4 is 31.9 Å². The van der Waals surface area contributed by atoms with Crippen LogP contribution in [0.2, 0.25) is 18.6 Å². The molecule has 8 nitrogen and oxygen atoms in total. The van der Waals surface area contributed by atoms with Gasteiger partial charge in [-0.05, 0) is 62.4 Å². The molecule has 3 aliphatic rings. The van der Waals surface area contributed by atoms with Crippen LogP contribution < -0.4 is 4.90 Å². The van der Waals surface area contributed by atoms with Crippen LogP contribution >= 0.6 is 0 Å². The van der Waals surface area contributed by atoms with Crippen molar-refractivity contribution in [2.24, 2.45) is 5.92 Å². The zero-order valence-electron chi connectivity index (χ0n) is 22.2. The maximum atomic E-state index is 15.5. The Balaban J connectivity index is 1.41. The van der Waals surface area contributed by atoms with E-state index in [4.69, 9.17) is 9.47 Å². The number of nitrogens with zero attached hydrogens (tertiary/aromatic N) is 2. The molecule has 204 valence electrons. The molecule has 0 spiro atoms. The molecule has 0 aromatic heterocycles. The third kappa shape index (κ3) is 6.07. The summed E-state index contributed by atoms with van der Waals surface area (Å²) in [5.41, 5.74) is 1.40. The van der Waals surface area contributed by atoms with Gasteiger partial charge in [0.25, 0.3) is 0 Å². The van der Waals surface area contributed by atoms with Crippen LogP contribution in [0.15, 0.2) is 24.3 Å². The Morgan fingerprint density at radius 3 is 2.68 bits per heavy atom. The fourth-order valence-electron chi connectivity index (χ4n) is 6.37. The van der Waals surface area contributed by atoms with Crippen LogP contribution in [0.3, 0.4) is 0 Å². The summed E-state index contributed by atoms with van der Waals surface area (Å²) in [4.78, 5) is 39.8. The van der Waals surface area contributed by atoms with Crippen LogP contribution in [0.25, 0.3) is 0 Å². The number of carbonyl (C=O) groups excluding carboxylic acids is 3. The third-order valence-electron chi connectivity index (χ3n) is 8.09. The lowest BCUT2D eigenvalue weighted by molar-refractivity contribution is -0.154. The van der Waals surface area contributed by atoms with E-state index in [0.29, 0.717) is 25.1 Å². The molecule has 3 fully saturated rings. The fourth-order valence-corrected chi connectivity index (χ4v) is 8.92. The van der Waals surface area contributed by atoms with Crippen LogP contribution in [0.4, 0.5) is 9.80 Å². The average Bonchev–Trinajstić information content (AvgIpc) is 3.41. The number of esters is 1. The number of aliphatic hydroxyl groups excluding tert-OH is 1. The van der Waals surface area contributed by atoms with Crippen LogP contribution in [-0.4, -0.2) is 73.8 Å². The molecule has 1 aromatic rings. The summed E-state index contributed by atoms with van der Waals surface area (Å²) in [6, 6.07) is 7.43. The number of hydrogen-bond donors (Lipinski definition) is 1. The first kappa shape index (κ1) is 27.7. The highest BCUT2D eigenvalue weighted by atomic mass is 28.4. The van der Waals surface area contributed by atoms with Crippen molar-refractivity contribution in [2.45, 2.75) is 95.5 Å². The Morgan fingerprint density at radius 1 is 1.27 bits per heavy atom. The lowest BCUT2D eigenvalue weighted by Crippen LogP contribution is -2.54. The molecule has 3 saturated heterocycles. The number of rotatable bonds is 9. The normalized spacial score (nSPS) is 29.9. The summed E-state index contributed by atoms with van der Waals surface area (Å²) in [6.07, 6.45) is 2.11. The SMILES string of the molecule is CC(=O)OC1CC(=O)N1c1cccc(CC[C@H]2O[C@@H](CC(=O)N3CCC[C@H]3CO)[C@H]([Si](C)(C)F)[C@H]2C)c1. The Kier molecular flexibility index (Phi) is 8.40. The molecule has 1 unspecified atom stereocenters. The van der Waals surface area contributed by atoms with Crippen LogP contribution in [-0.2, 0) is 30.3 Å². The van der Waals surface area contributed by atoms with Gasteiger partial charge in [-0.25, -0.2) is 0 Å². The molecule has 0 saturated carbocycles. The maximum Gasteiger partial charge on any atom is 0.304 e. The smallest absolute Gasteiger partial charge is 0.304 e. The highest BCUT2D eigenvalue weighted by Gasteiger charge is 2.52. The highest BCUT2D eigenvalue weighted by molar-refractivity contribution is 6.72. The van der Waals surface area contributed by atoms with Gasteiger partial charge >= 0.3 is 5.97 Å². The molecule has 0 bridgehead atoms. The predicted octanol–water partition coefficient (Wildman–Crippen LogP) is 3.57. The van der Waals surface area contributed by atoms with Gasteiger partial charge in [0.05, 0.1) is 37.7 Å². The van der Waals surface area contributed by atoms with Crippen molar-refractivity contribution < 1.29 is 33.1 Å². The van der Waals surface area contributed by atoms with Gasteiger partial charge in [-0.2, -0.15) is 0 Å². The number of aliphatic hydroxyl groups is 1. The summed E-state index contributed by atoms with van der Waals surface area (Å²) in [6.45, 7) is 7.32. The van der Waals surface area contributed by atoms with Crippen molar-refractivity contribution in [2.75, 3.05) is 18.1 Å². The second kappa shape index (κ2) is 11.2. The standard InChI is InChI=1S/C27H39FN2O6Si/c1-17-22(11-10-19-7-5-8-20(13-19)30-25(34)15-26(30)35-18(2)32)36-23(27(17)37(3,4)28)14-24(33)29-12-6-9-21(29)16-31/h5,7-8,13,17,21-23,26-27,31H,6,9-12,14-16H2,1-4H3/t17-,21-,22+,23-,26?,27+/m0/s1. The molecule has 4 rings (SSSR count). The van der Waals surface area contributed by atoms with Crippen molar-refractivity contribution in [3.63, 3.8) is 0 Å². The Labute approximate surface area is 219 Å². The zero-order chi connectivity index (χ0) is 26.9. The molecule has 3 aliphatic heterocycles. The molecule has 0 radical (unpaired) electrons. The number of ether oxygens (including phenoxy) is 2. The van der Waals surface area contributed by atoms with E-state index in [1.54, 1.807) is 18.0 Å². The topological polar surface area (TPSA) is 96.4 Å². The quantitative estimate of drug-likeness (QED) is 0.225. The molecule has 0 aliphatic carbocycles. The van der Waals surface area contributed by atoms with Crippen molar-refractivity contribution in [1.82, 2.24) is 4.90 Å².